The zero-order chi connectivity index (χ0) is 19.9. The second kappa shape index (κ2) is 7.43. The molecule has 0 bridgehead atoms. The van der Waals surface area contributed by atoms with E-state index in [1.165, 1.54) is 0 Å². The minimum atomic E-state index is -4.49. The molecule has 0 saturated carbocycles. The number of fused-ring (bicyclic) bond motifs is 2. The fraction of sp³-hybridized carbons (Fsp3) is 0.238. The van der Waals surface area contributed by atoms with Crippen molar-refractivity contribution in [2.45, 2.75) is 25.4 Å². The van der Waals surface area contributed by atoms with E-state index >= 15 is 0 Å². The Balaban J connectivity index is 2.00. The third-order valence-corrected chi connectivity index (χ3v) is 6.10. The zero-order valence-electron chi connectivity index (χ0n) is 14.9. The summed E-state index contributed by atoms with van der Waals surface area (Å²) in [6.07, 6.45) is -2.25. The number of hydrogen-bond donors (Lipinski definition) is 2. The second-order valence-corrected chi connectivity index (χ2v) is 8.09. The third kappa shape index (κ3) is 3.41. The monoisotopic (exact) mass is 422 g/mol. The van der Waals surface area contributed by atoms with Crippen molar-refractivity contribution in [1.29, 1.82) is 0 Å². The maximum absolute atomic E-state index is 13.6. The highest BCUT2D eigenvalue weighted by Gasteiger charge is 2.35. The van der Waals surface area contributed by atoms with Crippen LogP contribution in [-0.2, 0) is 12.6 Å². The average Bonchev–Trinajstić information content (AvgIpc) is 3.22. The van der Waals surface area contributed by atoms with Gasteiger partial charge in [-0.05, 0) is 49.6 Å². The summed E-state index contributed by atoms with van der Waals surface area (Å²) in [5, 5.41) is 3.64. The van der Waals surface area contributed by atoms with Gasteiger partial charge in [0.2, 0.25) is 0 Å². The number of aromatic nitrogens is 1. The fourth-order valence-electron chi connectivity index (χ4n) is 3.65. The fourth-order valence-corrected chi connectivity index (χ4v) is 4.82. The van der Waals surface area contributed by atoms with Gasteiger partial charge in [0.1, 0.15) is 0 Å². The van der Waals surface area contributed by atoms with Crippen molar-refractivity contribution in [3.8, 4) is 11.3 Å². The SMILES string of the molecule is NCCCCc1c(-c2csc3ccccc23)[nH]c2c(C(F)(F)F)cc(Cl)cc12. The molecule has 2 aromatic carbocycles. The first kappa shape index (κ1) is 19.3. The molecule has 0 fully saturated rings. The molecule has 0 atom stereocenters. The average molecular weight is 423 g/mol. The molecule has 28 heavy (non-hydrogen) atoms. The highest BCUT2D eigenvalue weighted by molar-refractivity contribution is 7.17. The van der Waals surface area contributed by atoms with Gasteiger partial charge in [-0.2, -0.15) is 13.2 Å². The minimum Gasteiger partial charge on any atom is -0.354 e. The van der Waals surface area contributed by atoms with Crippen molar-refractivity contribution in [2.75, 3.05) is 6.54 Å². The second-order valence-electron chi connectivity index (χ2n) is 6.74. The van der Waals surface area contributed by atoms with Gasteiger partial charge in [0, 0.05) is 31.4 Å². The predicted octanol–water partition coefficient (Wildman–Crippen LogP) is 7.00. The molecular weight excluding hydrogens is 405 g/mol. The van der Waals surface area contributed by atoms with Crippen molar-refractivity contribution < 1.29 is 13.2 Å². The number of unbranched alkanes of at least 4 members (excludes halogenated alkanes) is 1. The van der Waals surface area contributed by atoms with E-state index in [1.807, 2.05) is 29.6 Å². The van der Waals surface area contributed by atoms with E-state index in [0.29, 0.717) is 18.4 Å². The number of nitrogens with two attached hydrogens (primary N) is 1. The Labute approximate surface area is 169 Å². The van der Waals surface area contributed by atoms with Gasteiger partial charge < -0.3 is 10.7 Å². The number of rotatable bonds is 5. The summed E-state index contributed by atoms with van der Waals surface area (Å²) in [5.74, 6) is 0. The molecule has 4 rings (SSSR count). The van der Waals surface area contributed by atoms with E-state index in [2.05, 4.69) is 4.98 Å². The predicted molar refractivity (Wildman–Crippen MR) is 111 cm³/mol. The van der Waals surface area contributed by atoms with Crippen LogP contribution in [0.2, 0.25) is 5.02 Å². The maximum Gasteiger partial charge on any atom is 0.418 e. The standard InChI is InChI=1S/C21H18ClF3N2S/c22-12-9-15-14(6-3-4-8-26)19(27-20(15)17(10-12)21(23,24)25)16-11-28-18-7-2-1-5-13(16)18/h1-2,5,7,9-11,27H,3-4,6,8,26H2. The van der Waals surface area contributed by atoms with Crippen LogP contribution < -0.4 is 5.73 Å². The number of benzene rings is 2. The lowest BCUT2D eigenvalue weighted by Gasteiger charge is -2.09. The minimum absolute atomic E-state index is 0.0839. The first-order valence-corrected chi connectivity index (χ1v) is 10.2. The number of aryl methyl sites for hydroxylation is 1. The summed E-state index contributed by atoms with van der Waals surface area (Å²) in [6.45, 7) is 0.549. The van der Waals surface area contributed by atoms with Crippen LogP contribution in [-0.4, -0.2) is 11.5 Å². The maximum atomic E-state index is 13.6. The summed E-state index contributed by atoms with van der Waals surface area (Å²) < 4.78 is 42.0. The van der Waals surface area contributed by atoms with Gasteiger partial charge in [-0.1, -0.05) is 29.8 Å². The number of thiophene rings is 1. The number of halogens is 4. The van der Waals surface area contributed by atoms with Crippen molar-refractivity contribution in [1.82, 2.24) is 4.98 Å². The molecule has 3 N–H and O–H groups in total. The number of aromatic amines is 1. The molecule has 2 aromatic heterocycles. The van der Waals surface area contributed by atoms with Crippen molar-refractivity contribution >= 4 is 43.9 Å². The molecule has 4 aromatic rings. The lowest BCUT2D eigenvalue weighted by molar-refractivity contribution is -0.136. The summed E-state index contributed by atoms with van der Waals surface area (Å²) in [5.41, 5.74) is 7.48. The molecule has 0 radical (unpaired) electrons. The van der Waals surface area contributed by atoms with E-state index < -0.39 is 11.7 Å². The summed E-state index contributed by atoms with van der Waals surface area (Å²) in [7, 11) is 0. The van der Waals surface area contributed by atoms with Crippen LogP contribution in [0.5, 0.6) is 0 Å². The van der Waals surface area contributed by atoms with Crippen LogP contribution in [0.3, 0.4) is 0 Å². The molecule has 0 amide bonds. The van der Waals surface area contributed by atoms with Crippen LogP contribution in [0.4, 0.5) is 13.2 Å². The molecule has 0 unspecified atom stereocenters. The van der Waals surface area contributed by atoms with Crippen molar-refractivity contribution in [2.24, 2.45) is 5.73 Å². The van der Waals surface area contributed by atoms with E-state index in [4.69, 9.17) is 17.3 Å². The molecule has 7 heteroatoms. The largest absolute Gasteiger partial charge is 0.418 e. The summed E-state index contributed by atoms with van der Waals surface area (Å²) >= 11 is 7.64. The van der Waals surface area contributed by atoms with E-state index in [9.17, 15) is 13.2 Å². The van der Waals surface area contributed by atoms with Crippen LogP contribution in [0, 0.1) is 0 Å². The third-order valence-electron chi connectivity index (χ3n) is 4.92. The van der Waals surface area contributed by atoms with Gasteiger partial charge in [0.25, 0.3) is 0 Å². The normalized spacial score (nSPS) is 12.3. The zero-order valence-corrected chi connectivity index (χ0v) is 16.4. The highest BCUT2D eigenvalue weighted by atomic mass is 35.5. The topological polar surface area (TPSA) is 41.8 Å². The molecule has 2 heterocycles. The number of hydrogen-bond acceptors (Lipinski definition) is 2. The molecule has 0 saturated heterocycles. The number of alkyl halides is 3. The quantitative estimate of drug-likeness (QED) is 0.334. The highest BCUT2D eigenvalue weighted by Crippen LogP contribution is 2.43. The molecule has 146 valence electrons. The van der Waals surface area contributed by atoms with Gasteiger partial charge in [-0.3, -0.25) is 0 Å². The van der Waals surface area contributed by atoms with E-state index in [0.717, 1.165) is 45.8 Å². The van der Waals surface area contributed by atoms with Crippen LogP contribution in [0.1, 0.15) is 24.0 Å². The molecule has 0 aliphatic heterocycles. The van der Waals surface area contributed by atoms with Crippen LogP contribution in [0.15, 0.2) is 41.8 Å². The lowest BCUT2D eigenvalue weighted by Crippen LogP contribution is -2.05. The van der Waals surface area contributed by atoms with E-state index in [-0.39, 0.29) is 10.5 Å². The Bertz CT molecular complexity index is 1140. The Morgan fingerprint density at radius 1 is 1.07 bits per heavy atom. The van der Waals surface area contributed by atoms with Crippen molar-refractivity contribution in [3.63, 3.8) is 0 Å². The number of H-pyrrole nitrogens is 1. The summed E-state index contributed by atoms with van der Waals surface area (Å²) in [4.78, 5) is 3.08. The first-order chi connectivity index (χ1) is 13.4. The Hall–Kier alpha value is -2.02. The van der Waals surface area contributed by atoms with Gasteiger partial charge in [0.05, 0.1) is 16.8 Å². The van der Waals surface area contributed by atoms with Crippen LogP contribution >= 0.6 is 22.9 Å². The van der Waals surface area contributed by atoms with Gasteiger partial charge in [0.15, 0.2) is 0 Å². The molecule has 0 aliphatic carbocycles. The first-order valence-electron chi connectivity index (χ1n) is 8.98. The van der Waals surface area contributed by atoms with Crippen molar-refractivity contribution in [3.05, 3.63) is 57.9 Å². The van der Waals surface area contributed by atoms with Crippen LogP contribution in [0.25, 0.3) is 32.2 Å². The van der Waals surface area contributed by atoms with Gasteiger partial charge in [-0.25, -0.2) is 0 Å². The Kier molecular flexibility index (Phi) is 5.12. The number of nitrogens with one attached hydrogen (secondary N) is 1. The van der Waals surface area contributed by atoms with Gasteiger partial charge >= 0.3 is 6.18 Å². The summed E-state index contributed by atoms with van der Waals surface area (Å²) in [6, 6.07) is 10.5. The van der Waals surface area contributed by atoms with E-state index in [1.54, 1.807) is 17.4 Å². The Morgan fingerprint density at radius 3 is 2.61 bits per heavy atom. The molecule has 0 aliphatic rings. The smallest absolute Gasteiger partial charge is 0.354 e. The van der Waals surface area contributed by atoms with Gasteiger partial charge in [-0.15, -0.1) is 11.3 Å². The molecule has 2 nitrogen and oxygen atoms in total. The molecule has 0 spiro atoms. The lowest BCUT2D eigenvalue weighted by atomic mass is 9.99. The molecular formula is C21H18ClF3N2S. The Morgan fingerprint density at radius 2 is 1.86 bits per heavy atom.